The maximum absolute atomic E-state index is 11.1. The molecule has 82 valence electrons. The van der Waals surface area contributed by atoms with Gasteiger partial charge in [-0.2, -0.15) is 0 Å². The van der Waals surface area contributed by atoms with E-state index in [-0.39, 0.29) is 5.91 Å². The lowest BCUT2D eigenvalue weighted by Gasteiger charge is -2.26. The van der Waals surface area contributed by atoms with Crippen molar-refractivity contribution in [1.29, 1.82) is 0 Å². The minimum absolute atomic E-state index is 0.0537. The molecule has 1 atom stereocenters. The minimum Gasteiger partial charge on any atom is -0.353 e. The van der Waals surface area contributed by atoms with Gasteiger partial charge in [-0.3, -0.25) is 4.79 Å². The Morgan fingerprint density at radius 2 is 2.07 bits per heavy atom. The van der Waals surface area contributed by atoms with Crippen molar-refractivity contribution in [2.24, 2.45) is 5.73 Å². The van der Waals surface area contributed by atoms with Crippen LogP contribution in [0.3, 0.4) is 0 Å². The molecule has 1 heterocycles. The van der Waals surface area contributed by atoms with Crippen LogP contribution >= 0.6 is 0 Å². The largest absolute Gasteiger partial charge is 0.353 e. The van der Waals surface area contributed by atoms with Crippen LogP contribution in [0.2, 0.25) is 0 Å². The SMILES string of the molecule is C[C@@H](N)C(=O)NCCN1CCCCC1. The molecule has 0 unspecified atom stereocenters. The van der Waals surface area contributed by atoms with Gasteiger partial charge in [-0.1, -0.05) is 6.42 Å². The molecule has 0 aromatic rings. The number of likely N-dealkylation sites (tertiary alicyclic amines) is 1. The van der Waals surface area contributed by atoms with Crippen LogP contribution in [0.5, 0.6) is 0 Å². The summed E-state index contributed by atoms with van der Waals surface area (Å²) >= 11 is 0. The first-order valence-electron chi connectivity index (χ1n) is 5.46. The molecule has 4 nitrogen and oxygen atoms in total. The van der Waals surface area contributed by atoms with Gasteiger partial charge in [0.05, 0.1) is 6.04 Å². The third-order valence-electron chi connectivity index (χ3n) is 2.59. The highest BCUT2D eigenvalue weighted by molar-refractivity contribution is 5.80. The molecule has 1 aliphatic heterocycles. The first-order chi connectivity index (χ1) is 6.70. The summed E-state index contributed by atoms with van der Waals surface area (Å²) in [6.45, 7) is 5.73. The molecule has 0 saturated carbocycles. The summed E-state index contributed by atoms with van der Waals surface area (Å²) in [6.07, 6.45) is 3.94. The van der Waals surface area contributed by atoms with E-state index in [0.29, 0.717) is 0 Å². The Hall–Kier alpha value is -0.610. The van der Waals surface area contributed by atoms with Gasteiger partial charge < -0.3 is 16.0 Å². The maximum atomic E-state index is 11.1. The van der Waals surface area contributed by atoms with Gasteiger partial charge in [-0.25, -0.2) is 0 Å². The Morgan fingerprint density at radius 1 is 1.43 bits per heavy atom. The second-order valence-corrected chi connectivity index (χ2v) is 3.98. The van der Waals surface area contributed by atoms with Crippen LogP contribution in [0.15, 0.2) is 0 Å². The fourth-order valence-electron chi connectivity index (χ4n) is 1.68. The molecule has 4 heteroatoms. The van der Waals surface area contributed by atoms with Crippen LogP contribution < -0.4 is 11.1 Å². The van der Waals surface area contributed by atoms with Crippen LogP contribution in [0.1, 0.15) is 26.2 Å². The quantitative estimate of drug-likeness (QED) is 0.666. The zero-order chi connectivity index (χ0) is 10.4. The molecule has 1 amide bonds. The number of amides is 1. The fourth-order valence-corrected chi connectivity index (χ4v) is 1.68. The summed E-state index contributed by atoms with van der Waals surface area (Å²) in [5.41, 5.74) is 5.43. The van der Waals surface area contributed by atoms with Gasteiger partial charge in [0.25, 0.3) is 0 Å². The van der Waals surface area contributed by atoms with Gasteiger partial charge in [-0.05, 0) is 32.9 Å². The van der Waals surface area contributed by atoms with Gasteiger partial charge >= 0.3 is 0 Å². The lowest BCUT2D eigenvalue weighted by atomic mass is 10.1. The monoisotopic (exact) mass is 199 g/mol. The summed E-state index contributed by atoms with van der Waals surface area (Å²) in [4.78, 5) is 13.5. The molecule has 0 aromatic carbocycles. The standard InChI is InChI=1S/C10H21N3O/c1-9(11)10(14)12-5-8-13-6-3-2-4-7-13/h9H,2-8,11H2,1H3,(H,12,14)/t9-/m1/s1. The van der Waals surface area contributed by atoms with Crippen molar-refractivity contribution >= 4 is 5.91 Å². The molecular weight excluding hydrogens is 178 g/mol. The molecule has 0 aromatic heterocycles. The number of hydrogen-bond acceptors (Lipinski definition) is 3. The van der Waals surface area contributed by atoms with Crippen molar-refractivity contribution in [2.45, 2.75) is 32.2 Å². The predicted molar refractivity (Wildman–Crippen MR) is 57.0 cm³/mol. The van der Waals surface area contributed by atoms with Crippen molar-refractivity contribution < 1.29 is 4.79 Å². The van der Waals surface area contributed by atoms with Crippen molar-refractivity contribution in [1.82, 2.24) is 10.2 Å². The van der Waals surface area contributed by atoms with E-state index in [1.165, 1.54) is 32.4 Å². The second-order valence-electron chi connectivity index (χ2n) is 3.98. The summed E-state index contributed by atoms with van der Waals surface area (Å²) < 4.78 is 0. The fraction of sp³-hybridized carbons (Fsp3) is 0.900. The molecule has 14 heavy (non-hydrogen) atoms. The zero-order valence-electron chi connectivity index (χ0n) is 8.96. The van der Waals surface area contributed by atoms with E-state index in [1.807, 2.05) is 0 Å². The predicted octanol–water partition coefficient (Wildman–Crippen LogP) is -0.0643. The number of hydrogen-bond donors (Lipinski definition) is 2. The average Bonchev–Trinajstić information content (AvgIpc) is 2.19. The third-order valence-corrected chi connectivity index (χ3v) is 2.59. The lowest BCUT2D eigenvalue weighted by molar-refractivity contribution is -0.122. The Morgan fingerprint density at radius 3 is 2.64 bits per heavy atom. The van der Waals surface area contributed by atoms with Crippen LogP contribution in [-0.4, -0.2) is 43.0 Å². The van der Waals surface area contributed by atoms with Gasteiger partial charge in [-0.15, -0.1) is 0 Å². The minimum atomic E-state index is -0.392. The first-order valence-corrected chi connectivity index (χ1v) is 5.46. The zero-order valence-corrected chi connectivity index (χ0v) is 8.96. The summed E-state index contributed by atoms with van der Waals surface area (Å²) in [6, 6.07) is -0.392. The second kappa shape index (κ2) is 5.98. The van der Waals surface area contributed by atoms with E-state index in [0.717, 1.165) is 13.1 Å². The smallest absolute Gasteiger partial charge is 0.236 e. The molecule has 1 saturated heterocycles. The summed E-state index contributed by atoms with van der Waals surface area (Å²) in [5, 5.41) is 2.82. The molecule has 3 N–H and O–H groups in total. The molecule has 1 fully saturated rings. The topological polar surface area (TPSA) is 58.4 Å². The maximum Gasteiger partial charge on any atom is 0.236 e. The Balaban J connectivity index is 2.05. The third kappa shape index (κ3) is 4.07. The van der Waals surface area contributed by atoms with E-state index in [1.54, 1.807) is 6.92 Å². The van der Waals surface area contributed by atoms with Crippen molar-refractivity contribution in [3.05, 3.63) is 0 Å². The molecule has 0 bridgehead atoms. The molecule has 0 aliphatic carbocycles. The molecule has 0 spiro atoms. The van der Waals surface area contributed by atoms with Gasteiger partial charge in [0.1, 0.15) is 0 Å². The van der Waals surface area contributed by atoms with Crippen molar-refractivity contribution in [3.63, 3.8) is 0 Å². The molecular formula is C10H21N3O. The van der Waals surface area contributed by atoms with Crippen molar-refractivity contribution in [2.75, 3.05) is 26.2 Å². The summed E-state index contributed by atoms with van der Waals surface area (Å²) in [7, 11) is 0. The van der Waals surface area contributed by atoms with Crippen LogP contribution in [-0.2, 0) is 4.79 Å². The van der Waals surface area contributed by atoms with E-state index in [2.05, 4.69) is 10.2 Å². The van der Waals surface area contributed by atoms with Crippen LogP contribution in [0.25, 0.3) is 0 Å². The Bertz CT molecular complexity index is 176. The highest BCUT2D eigenvalue weighted by Crippen LogP contribution is 2.07. The number of nitrogens with one attached hydrogen (secondary N) is 1. The van der Waals surface area contributed by atoms with E-state index in [9.17, 15) is 4.79 Å². The van der Waals surface area contributed by atoms with Gasteiger partial charge in [0, 0.05) is 13.1 Å². The van der Waals surface area contributed by atoms with E-state index in [4.69, 9.17) is 5.73 Å². The molecule has 1 aliphatic rings. The van der Waals surface area contributed by atoms with Crippen LogP contribution in [0, 0.1) is 0 Å². The highest BCUT2D eigenvalue weighted by Gasteiger charge is 2.10. The molecule has 1 rings (SSSR count). The number of carbonyl (C=O) groups excluding carboxylic acids is 1. The number of piperidine rings is 1. The summed E-state index contributed by atoms with van der Waals surface area (Å²) in [5.74, 6) is -0.0537. The molecule has 0 radical (unpaired) electrons. The van der Waals surface area contributed by atoms with Gasteiger partial charge in [0.2, 0.25) is 5.91 Å². The average molecular weight is 199 g/mol. The van der Waals surface area contributed by atoms with Crippen LogP contribution in [0.4, 0.5) is 0 Å². The van der Waals surface area contributed by atoms with Gasteiger partial charge in [0.15, 0.2) is 0 Å². The highest BCUT2D eigenvalue weighted by atomic mass is 16.2. The normalized spacial score (nSPS) is 20.4. The first kappa shape index (κ1) is 11.5. The van der Waals surface area contributed by atoms with E-state index < -0.39 is 6.04 Å². The number of nitrogens with two attached hydrogens (primary N) is 1. The number of rotatable bonds is 4. The number of nitrogens with zero attached hydrogens (tertiary/aromatic N) is 1. The van der Waals surface area contributed by atoms with Crippen molar-refractivity contribution in [3.8, 4) is 0 Å². The lowest BCUT2D eigenvalue weighted by Crippen LogP contribution is -2.43. The van der Waals surface area contributed by atoms with E-state index >= 15 is 0 Å². The Labute approximate surface area is 85.8 Å². The Kier molecular flexibility index (Phi) is 4.90. The number of carbonyl (C=O) groups is 1.